The first-order valence-corrected chi connectivity index (χ1v) is 12.4. The zero-order valence-electron chi connectivity index (χ0n) is 19.2. The van der Waals surface area contributed by atoms with Crippen molar-refractivity contribution in [1.29, 1.82) is 0 Å². The van der Waals surface area contributed by atoms with Crippen LogP contribution in [0.4, 0.5) is 5.69 Å². The standard InChI is InChI=1S/C26H30N2O4S/c1-4-20(2)24-12-8-9-13-25(24)32-19-26(29)27-22-14-16-23(17-15-22)33(30,31)28(3)18-21-10-6-5-7-11-21/h5-17,20H,4,18-19H2,1-3H3,(H,27,29)/t20-/m1/s1. The molecule has 3 aromatic carbocycles. The number of carbonyl (C=O) groups is 1. The van der Waals surface area contributed by atoms with Crippen LogP contribution < -0.4 is 10.1 Å². The molecule has 33 heavy (non-hydrogen) atoms. The van der Waals surface area contributed by atoms with Gasteiger partial charge in [0.05, 0.1) is 4.90 Å². The molecule has 0 radical (unpaired) electrons. The van der Waals surface area contributed by atoms with Crippen molar-refractivity contribution >= 4 is 21.6 Å². The molecule has 0 aliphatic rings. The van der Waals surface area contributed by atoms with E-state index in [2.05, 4.69) is 19.2 Å². The average Bonchev–Trinajstić information content (AvgIpc) is 2.83. The summed E-state index contributed by atoms with van der Waals surface area (Å²) < 4.78 is 32.8. The first kappa shape index (κ1) is 24.5. The van der Waals surface area contributed by atoms with Crippen molar-refractivity contribution in [2.24, 2.45) is 0 Å². The zero-order valence-corrected chi connectivity index (χ0v) is 20.0. The number of carbonyl (C=O) groups excluding carboxylic acids is 1. The monoisotopic (exact) mass is 466 g/mol. The Morgan fingerprint density at radius 1 is 0.970 bits per heavy atom. The van der Waals surface area contributed by atoms with Gasteiger partial charge in [0.25, 0.3) is 5.91 Å². The second-order valence-corrected chi connectivity index (χ2v) is 10.00. The van der Waals surface area contributed by atoms with Gasteiger partial charge in [-0.25, -0.2) is 8.42 Å². The lowest BCUT2D eigenvalue weighted by Crippen LogP contribution is -2.26. The quantitative estimate of drug-likeness (QED) is 0.454. The van der Waals surface area contributed by atoms with Crippen LogP contribution >= 0.6 is 0 Å². The van der Waals surface area contributed by atoms with Crippen LogP contribution in [-0.2, 0) is 21.4 Å². The highest BCUT2D eigenvalue weighted by Crippen LogP contribution is 2.28. The van der Waals surface area contributed by atoms with E-state index in [0.29, 0.717) is 17.4 Å². The summed E-state index contributed by atoms with van der Waals surface area (Å²) in [5.41, 5.74) is 2.48. The van der Waals surface area contributed by atoms with Crippen LogP contribution in [-0.4, -0.2) is 32.3 Å². The van der Waals surface area contributed by atoms with E-state index in [-0.39, 0.29) is 24.0 Å². The Kier molecular flexibility index (Phi) is 8.25. The third kappa shape index (κ3) is 6.43. The molecule has 0 bridgehead atoms. The van der Waals surface area contributed by atoms with Gasteiger partial charge in [-0.3, -0.25) is 4.79 Å². The molecule has 0 aliphatic carbocycles. The number of sulfonamides is 1. The van der Waals surface area contributed by atoms with Crippen molar-refractivity contribution in [3.8, 4) is 5.75 Å². The molecule has 7 heteroatoms. The molecule has 0 unspecified atom stereocenters. The average molecular weight is 467 g/mol. The second kappa shape index (κ2) is 11.1. The van der Waals surface area contributed by atoms with Gasteiger partial charge in [-0.15, -0.1) is 0 Å². The zero-order chi connectivity index (χ0) is 23.8. The molecule has 1 amide bonds. The molecule has 0 heterocycles. The first-order chi connectivity index (χ1) is 15.8. The highest BCUT2D eigenvalue weighted by atomic mass is 32.2. The molecule has 0 aromatic heterocycles. The molecule has 1 atom stereocenters. The minimum atomic E-state index is -3.65. The van der Waals surface area contributed by atoms with Gasteiger partial charge in [0.1, 0.15) is 5.75 Å². The van der Waals surface area contributed by atoms with E-state index >= 15 is 0 Å². The highest BCUT2D eigenvalue weighted by molar-refractivity contribution is 7.89. The number of rotatable bonds is 10. The van der Waals surface area contributed by atoms with Crippen molar-refractivity contribution in [1.82, 2.24) is 4.31 Å². The van der Waals surface area contributed by atoms with E-state index in [0.717, 1.165) is 17.5 Å². The lowest BCUT2D eigenvalue weighted by Gasteiger charge is -2.18. The Labute approximate surface area is 196 Å². The van der Waals surface area contributed by atoms with Gasteiger partial charge >= 0.3 is 0 Å². The fraction of sp³-hybridized carbons (Fsp3) is 0.269. The minimum Gasteiger partial charge on any atom is -0.483 e. The van der Waals surface area contributed by atoms with Crippen LogP contribution in [0, 0.1) is 0 Å². The van der Waals surface area contributed by atoms with Gasteiger partial charge in [-0.2, -0.15) is 4.31 Å². The highest BCUT2D eigenvalue weighted by Gasteiger charge is 2.21. The minimum absolute atomic E-state index is 0.132. The lowest BCUT2D eigenvalue weighted by atomic mass is 9.98. The van der Waals surface area contributed by atoms with Gasteiger partial charge in [0.2, 0.25) is 10.0 Å². The molecule has 0 saturated carbocycles. The molecule has 174 valence electrons. The number of anilines is 1. The lowest BCUT2D eigenvalue weighted by molar-refractivity contribution is -0.118. The molecule has 3 aromatic rings. The summed E-state index contributed by atoms with van der Waals surface area (Å²) in [4.78, 5) is 12.5. The van der Waals surface area contributed by atoms with Crippen LogP contribution in [0.25, 0.3) is 0 Å². The Bertz CT molecular complexity index is 1160. The molecular formula is C26H30N2O4S. The van der Waals surface area contributed by atoms with Crippen LogP contribution in [0.15, 0.2) is 83.8 Å². The number of amides is 1. The van der Waals surface area contributed by atoms with Gasteiger partial charge in [0.15, 0.2) is 6.61 Å². The summed E-state index contributed by atoms with van der Waals surface area (Å²) in [5, 5.41) is 2.75. The maximum atomic E-state index is 12.9. The van der Waals surface area contributed by atoms with E-state index in [1.807, 2.05) is 54.6 Å². The van der Waals surface area contributed by atoms with Crippen molar-refractivity contribution in [2.75, 3.05) is 19.0 Å². The molecule has 0 aliphatic heterocycles. The number of hydrogen-bond acceptors (Lipinski definition) is 4. The van der Waals surface area contributed by atoms with E-state index < -0.39 is 10.0 Å². The van der Waals surface area contributed by atoms with Crippen molar-refractivity contribution in [3.63, 3.8) is 0 Å². The van der Waals surface area contributed by atoms with E-state index in [1.54, 1.807) is 19.2 Å². The molecule has 0 fully saturated rings. The number of para-hydroxylation sites is 1. The van der Waals surface area contributed by atoms with Gasteiger partial charge in [0, 0.05) is 19.3 Å². The smallest absolute Gasteiger partial charge is 0.262 e. The van der Waals surface area contributed by atoms with Crippen LogP contribution in [0.5, 0.6) is 5.75 Å². The normalized spacial score (nSPS) is 12.4. The topological polar surface area (TPSA) is 75.7 Å². The Morgan fingerprint density at radius 2 is 1.61 bits per heavy atom. The van der Waals surface area contributed by atoms with Crippen molar-refractivity contribution < 1.29 is 17.9 Å². The third-order valence-corrected chi connectivity index (χ3v) is 7.33. The first-order valence-electron chi connectivity index (χ1n) is 10.9. The molecule has 0 saturated heterocycles. The van der Waals surface area contributed by atoms with Crippen LogP contribution in [0.1, 0.15) is 37.3 Å². The Hall–Kier alpha value is -3.16. The summed E-state index contributed by atoms with van der Waals surface area (Å²) in [6, 6.07) is 23.3. The fourth-order valence-corrected chi connectivity index (χ4v) is 4.55. The Balaban J connectivity index is 1.59. The molecule has 3 rings (SSSR count). The molecule has 1 N–H and O–H groups in total. The fourth-order valence-electron chi connectivity index (χ4n) is 3.40. The number of hydrogen-bond donors (Lipinski definition) is 1. The van der Waals surface area contributed by atoms with E-state index in [4.69, 9.17) is 4.74 Å². The summed E-state index contributed by atoms with van der Waals surface area (Å²) >= 11 is 0. The van der Waals surface area contributed by atoms with Crippen LogP contribution in [0.2, 0.25) is 0 Å². The van der Waals surface area contributed by atoms with Gasteiger partial charge in [-0.05, 0) is 53.8 Å². The number of nitrogens with one attached hydrogen (secondary N) is 1. The maximum absolute atomic E-state index is 12.9. The summed E-state index contributed by atoms with van der Waals surface area (Å²) in [7, 11) is -2.10. The Morgan fingerprint density at radius 3 is 2.27 bits per heavy atom. The largest absolute Gasteiger partial charge is 0.483 e. The number of benzene rings is 3. The predicted molar refractivity (Wildman–Crippen MR) is 131 cm³/mol. The van der Waals surface area contributed by atoms with Crippen LogP contribution in [0.3, 0.4) is 0 Å². The van der Waals surface area contributed by atoms with Gasteiger partial charge < -0.3 is 10.1 Å². The SMILES string of the molecule is CC[C@@H](C)c1ccccc1OCC(=O)Nc1ccc(S(=O)(=O)N(C)Cc2ccccc2)cc1. The van der Waals surface area contributed by atoms with Crippen molar-refractivity contribution in [3.05, 3.63) is 90.0 Å². The third-order valence-electron chi connectivity index (χ3n) is 5.52. The summed E-state index contributed by atoms with van der Waals surface area (Å²) in [6.45, 7) is 4.37. The number of ether oxygens (including phenoxy) is 1. The summed E-state index contributed by atoms with van der Waals surface area (Å²) in [5.74, 6) is 0.717. The van der Waals surface area contributed by atoms with E-state index in [1.165, 1.54) is 16.4 Å². The van der Waals surface area contributed by atoms with Gasteiger partial charge in [-0.1, -0.05) is 62.4 Å². The van der Waals surface area contributed by atoms with Crippen molar-refractivity contribution in [2.45, 2.75) is 37.6 Å². The van der Waals surface area contributed by atoms with E-state index in [9.17, 15) is 13.2 Å². The molecular weight excluding hydrogens is 436 g/mol. The number of nitrogens with zero attached hydrogens (tertiary/aromatic N) is 1. The predicted octanol–water partition coefficient (Wildman–Crippen LogP) is 5.04. The molecule has 6 nitrogen and oxygen atoms in total. The maximum Gasteiger partial charge on any atom is 0.262 e. The second-order valence-electron chi connectivity index (χ2n) is 7.96. The summed E-state index contributed by atoms with van der Waals surface area (Å²) in [6.07, 6.45) is 0.975. The molecule has 0 spiro atoms.